The Hall–Kier alpha value is -0.970. The Morgan fingerprint density at radius 3 is 2.93 bits per heavy atom. The molecule has 0 aliphatic carbocycles. The van der Waals surface area contributed by atoms with E-state index in [1.54, 1.807) is 16.7 Å². The molecule has 1 atom stereocenters. The minimum atomic E-state index is -0.402. The molecule has 1 saturated heterocycles. The Bertz CT molecular complexity index is 337. The number of ether oxygens (including phenoxy) is 1. The molecular weight excluding hydrogens is 202 g/mol. The van der Waals surface area contributed by atoms with Gasteiger partial charge in [0.05, 0.1) is 18.9 Å². The number of methoxy groups -OCH3 is 1. The maximum atomic E-state index is 11.4. The molecule has 1 amide bonds. The van der Waals surface area contributed by atoms with E-state index in [1.807, 2.05) is 6.92 Å². The van der Waals surface area contributed by atoms with Gasteiger partial charge >= 0.3 is 5.97 Å². The Morgan fingerprint density at radius 2 is 2.36 bits per heavy atom. The number of rotatable bonds is 1. The second-order valence-corrected chi connectivity index (χ2v) is 4.52. The number of thioether (sulfide) groups is 1. The Balaban J connectivity index is 2.33. The summed E-state index contributed by atoms with van der Waals surface area (Å²) in [4.78, 5) is 24.3. The number of amides is 1. The second-order valence-electron chi connectivity index (χ2n) is 3.35. The quantitative estimate of drug-likeness (QED) is 0.476. The van der Waals surface area contributed by atoms with Crippen molar-refractivity contribution in [1.29, 1.82) is 0 Å². The van der Waals surface area contributed by atoms with Crippen molar-refractivity contribution in [1.82, 2.24) is 4.90 Å². The molecule has 4 nitrogen and oxygen atoms in total. The lowest BCUT2D eigenvalue weighted by Gasteiger charge is -2.43. The van der Waals surface area contributed by atoms with Crippen molar-refractivity contribution in [2.24, 2.45) is 0 Å². The molecule has 0 aromatic carbocycles. The fourth-order valence-corrected chi connectivity index (χ4v) is 2.87. The normalized spacial score (nSPS) is 25.7. The maximum absolute atomic E-state index is 11.4. The fraction of sp³-hybridized carbons (Fsp3) is 0.556. The number of β-lactam (4-membered cyclic amide) rings is 1. The molecule has 0 saturated carbocycles. The molecule has 76 valence electrons. The lowest BCUT2D eigenvalue weighted by molar-refractivity contribution is -0.147. The van der Waals surface area contributed by atoms with Crippen LogP contribution in [0, 0.1) is 0 Å². The van der Waals surface area contributed by atoms with Crippen molar-refractivity contribution in [2.45, 2.75) is 18.7 Å². The Kier molecular flexibility index (Phi) is 2.26. The van der Waals surface area contributed by atoms with Crippen LogP contribution in [0.1, 0.15) is 13.3 Å². The third-order valence-corrected chi connectivity index (χ3v) is 3.78. The summed E-state index contributed by atoms with van der Waals surface area (Å²) in [5, 5.41) is 0.153. The molecule has 0 N–H and O–H groups in total. The van der Waals surface area contributed by atoms with Crippen LogP contribution >= 0.6 is 11.8 Å². The highest BCUT2D eigenvalue weighted by Crippen LogP contribution is 2.39. The molecule has 0 bridgehead atoms. The van der Waals surface area contributed by atoms with Crippen LogP contribution in [0.15, 0.2) is 11.3 Å². The average Bonchev–Trinajstić information content (AvgIpc) is 2.17. The summed E-state index contributed by atoms with van der Waals surface area (Å²) in [6.45, 7) is 1.86. The fourth-order valence-electron chi connectivity index (χ4n) is 1.65. The summed E-state index contributed by atoms with van der Waals surface area (Å²) in [6.07, 6.45) is 0.540. The molecule has 2 aliphatic rings. The van der Waals surface area contributed by atoms with Gasteiger partial charge in [0.25, 0.3) is 0 Å². The first-order valence-electron chi connectivity index (χ1n) is 4.37. The van der Waals surface area contributed by atoms with Crippen LogP contribution in [0.25, 0.3) is 0 Å². The highest BCUT2D eigenvalue weighted by molar-refractivity contribution is 8.00. The van der Waals surface area contributed by atoms with Crippen LogP contribution in [0.4, 0.5) is 0 Å². The number of esters is 1. The first kappa shape index (κ1) is 9.58. The lowest BCUT2D eigenvalue weighted by atomic mass is 10.1. The van der Waals surface area contributed by atoms with Gasteiger partial charge in [0, 0.05) is 5.75 Å². The van der Waals surface area contributed by atoms with Crippen molar-refractivity contribution >= 4 is 23.6 Å². The van der Waals surface area contributed by atoms with Crippen LogP contribution in [-0.2, 0) is 14.3 Å². The van der Waals surface area contributed by atoms with Gasteiger partial charge in [-0.2, -0.15) is 0 Å². The minimum Gasteiger partial charge on any atom is -0.464 e. The molecule has 0 aromatic heterocycles. The third kappa shape index (κ3) is 1.23. The first-order valence-corrected chi connectivity index (χ1v) is 5.41. The van der Waals surface area contributed by atoms with Gasteiger partial charge in [-0.15, -0.1) is 11.8 Å². The van der Waals surface area contributed by atoms with E-state index in [2.05, 4.69) is 4.74 Å². The standard InChI is InChI=1S/C9H11NO3S/c1-5-4-14-7-3-6(11)10(7)8(5)9(12)13-2/h7H,3-4H2,1-2H3/t7-/m1/s1. The molecule has 2 aliphatic heterocycles. The van der Waals surface area contributed by atoms with Crippen molar-refractivity contribution in [3.8, 4) is 0 Å². The van der Waals surface area contributed by atoms with Gasteiger partial charge in [0.15, 0.2) is 0 Å². The number of hydrogen-bond acceptors (Lipinski definition) is 4. The number of carbonyl (C=O) groups is 2. The zero-order valence-electron chi connectivity index (χ0n) is 8.07. The maximum Gasteiger partial charge on any atom is 0.354 e. The Labute approximate surface area is 86.3 Å². The van der Waals surface area contributed by atoms with Crippen molar-refractivity contribution in [2.75, 3.05) is 12.9 Å². The zero-order chi connectivity index (χ0) is 10.3. The predicted octanol–water partition coefficient (Wildman–Crippen LogP) is 0.739. The summed E-state index contributed by atoms with van der Waals surface area (Å²) < 4.78 is 4.66. The molecule has 0 spiro atoms. The first-order chi connectivity index (χ1) is 6.65. The highest BCUT2D eigenvalue weighted by Gasteiger charge is 2.44. The van der Waals surface area contributed by atoms with Crippen molar-refractivity contribution in [3.63, 3.8) is 0 Å². The number of hydrogen-bond donors (Lipinski definition) is 0. The number of nitrogens with zero attached hydrogens (tertiary/aromatic N) is 1. The van der Waals surface area contributed by atoms with E-state index in [4.69, 9.17) is 0 Å². The highest BCUT2D eigenvalue weighted by atomic mass is 32.2. The van der Waals surface area contributed by atoms with E-state index in [0.717, 1.165) is 11.3 Å². The largest absolute Gasteiger partial charge is 0.464 e. The number of fused-ring (bicyclic) bond motifs is 1. The molecular formula is C9H11NO3S. The summed E-state index contributed by atoms with van der Waals surface area (Å²) in [5.74, 6) is 0.418. The minimum absolute atomic E-state index is 0.0157. The van der Waals surface area contributed by atoms with Gasteiger partial charge in [0.1, 0.15) is 5.70 Å². The zero-order valence-corrected chi connectivity index (χ0v) is 8.89. The summed E-state index contributed by atoms with van der Waals surface area (Å²) >= 11 is 1.70. The van der Waals surface area contributed by atoms with E-state index in [1.165, 1.54) is 7.11 Å². The van der Waals surface area contributed by atoms with Crippen molar-refractivity contribution < 1.29 is 14.3 Å². The van der Waals surface area contributed by atoms with Crippen LogP contribution < -0.4 is 0 Å². The summed E-state index contributed by atoms with van der Waals surface area (Å²) in [7, 11) is 1.34. The monoisotopic (exact) mass is 213 g/mol. The molecule has 2 rings (SSSR count). The summed E-state index contributed by atoms with van der Waals surface area (Å²) in [6, 6.07) is 0. The van der Waals surface area contributed by atoms with Crippen LogP contribution in [0.5, 0.6) is 0 Å². The smallest absolute Gasteiger partial charge is 0.354 e. The van der Waals surface area contributed by atoms with E-state index < -0.39 is 5.97 Å². The molecule has 14 heavy (non-hydrogen) atoms. The van der Waals surface area contributed by atoms with Crippen LogP contribution in [0.3, 0.4) is 0 Å². The topological polar surface area (TPSA) is 46.6 Å². The second kappa shape index (κ2) is 3.31. The summed E-state index contributed by atoms with van der Waals surface area (Å²) in [5.41, 5.74) is 1.37. The predicted molar refractivity (Wildman–Crippen MR) is 52.4 cm³/mol. The van der Waals surface area contributed by atoms with Gasteiger partial charge in [-0.25, -0.2) is 4.79 Å². The van der Waals surface area contributed by atoms with E-state index >= 15 is 0 Å². The molecule has 2 heterocycles. The molecule has 1 fully saturated rings. The van der Waals surface area contributed by atoms with Crippen molar-refractivity contribution in [3.05, 3.63) is 11.3 Å². The molecule has 0 unspecified atom stereocenters. The van der Waals surface area contributed by atoms with E-state index in [0.29, 0.717) is 12.1 Å². The number of carbonyl (C=O) groups excluding carboxylic acids is 2. The third-order valence-electron chi connectivity index (χ3n) is 2.42. The van der Waals surface area contributed by atoms with E-state index in [9.17, 15) is 9.59 Å². The molecule has 0 radical (unpaired) electrons. The molecule has 5 heteroatoms. The lowest BCUT2D eigenvalue weighted by Crippen LogP contribution is -2.53. The van der Waals surface area contributed by atoms with E-state index in [-0.39, 0.29) is 11.3 Å². The molecule has 0 aromatic rings. The van der Waals surface area contributed by atoms with Crippen LogP contribution in [-0.4, -0.2) is 35.0 Å². The Morgan fingerprint density at radius 1 is 1.64 bits per heavy atom. The SMILES string of the molecule is COC(=O)C1=C(C)CS[C@@H]2CC(=O)N12. The van der Waals surface area contributed by atoms with Gasteiger partial charge < -0.3 is 4.74 Å². The van der Waals surface area contributed by atoms with Gasteiger partial charge in [-0.1, -0.05) is 0 Å². The average molecular weight is 213 g/mol. The van der Waals surface area contributed by atoms with Gasteiger partial charge in [-0.3, -0.25) is 9.69 Å². The van der Waals surface area contributed by atoms with Gasteiger partial charge in [-0.05, 0) is 12.5 Å². The van der Waals surface area contributed by atoms with Gasteiger partial charge in [0.2, 0.25) is 5.91 Å². The van der Waals surface area contributed by atoms with Crippen LogP contribution in [0.2, 0.25) is 0 Å².